The highest BCUT2D eigenvalue weighted by atomic mass is 35.5. The summed E-state index contributed by atoms with van der Waals surface area (Å²) in [5.41, 5.74) is 1.17. The van der Waals surface area contributed by atoms with E-state index in [-0.39, 0.29) is 17.9 Å². The molecule has 1 N–H and O–H groups in total. The fourth-order valence-electron chi connectivity index (χ4n) is 2.76. The first-order valence-corrected chi connectivity index (χ1v) is 8.95. The lowest BCUT2D eigenvalue weighted by molar-refractivity contribution is -0.137. The van der Waals surface area contributed by atoms with Gasteiger partial charge in [0.1, 0.15) is 12.2 Å². The fraction of sp³-hybridized carbons (Fsp3) is 0.105. The number of pyridine rings is 1. The first kappa shape index (κ1) is 19.8. The van der Waals surface area contributed by atoms with Crippen molar-refractivity contribution in [1.82, 2.24) is 24.6 Å². The van der Waals surface area contributed by atoms with Crippen LogP contribution in [-0.2, 0) is 17.4 Å². The van der Waals surface area contributed by atoms with Gasteiger partial charge in [-0.25, -0.2) is 19.5 Å². The van der Waals surface area contributed by atoms with E-state index < -0.39 is 22.7 Å². The van der Waals surface area contributed by atoms with Crippen molar-refractivity contribution >= 4 is 28.8 Å². The van der Waals surface area contributed by atoms with Gasteiger partial charge >= 0.3 is 6.18 Å². The van der Waals surface area contributed by atoms with Crippen LogP contribution in [0.1, 0.15) is 11.4 Å². The Morgan fingerprint density at radius 3 is 2.57 bits per heavy atom. The van der Waals surface area contributed by atoms with Crippen LogP contribution in [0.4, 0.5) is 18.9 Å². The van der Waals surface area contributed by atoms with Crippen molar-refractivity contribution in [1.29, 1.82) is 0 Å². The van der Waals surface area contributed by atoms with Gasteiger partial charge in [0.05, 0.1) is 17.0 Å². The lowest BCUT2D eigenvalue weighted by atomic mass is 10.1. The van der Waals surface area contributed by atoms with E-state index >= 15 is 0 Å². The normalized spacial score (nSPS) is 11.6. The predicted molar refractivity (Wildman–Crippen MR) is 103 cm³/mol. The second-order valence-corrected chi connectivity index (χ2v) is 6.69. The van der Waals surface area contributed by atoms with Crippen LogP contribution < -0.4 is 5.32 Å². The van der Waals surface area contributed by atoms with Gasteiger partial charge in [-0.3, -0.25) is 4.79 Å². The molecule has 0 atom stereocenters. The van der Waals surface area contributed by atoms with Gasteiger partial charge in [0.25, 0.3) is 0 Å². The van der Waals surface area contributed by atoms with Gasteiger partial charge in [-0.05, 0) is 35.9 Å². The van der Waals surface area contributed by atoms with E-state index in [1.807, 2.05) is 12.1 Å². The Morgan fingerprint density at radius 2 is 1.83 bits per heavy atom. The molecule has 0 saturated heterocycles. The number of aromatic nitrogens is 5. The molecule has 0 bridgehead atoms. The molecule has 4 aromatic rings. The molecule has 3 aromatic heterocycles. The average Bonchev–Trinajstić information content (AvgIpc) is 3.17. The second-order valence-electron chi connectivity index (χ2n) is 6.28. The van der Waals surface area contributed by atoms with Crippen LogP contribution in [0.25, 0.3) is 16.8 Å². The van der Waals surface area contributed by atoms with Gasteiger partial charge in [-0.15, -0.1) is 0 Å². The minimum Gasteiger partial charge on any atom is -0.326 e. The van der Waals surface area contributed by atoms with Crippen LogP contribution in [-0.4, -0.2) is 30.5 Å². The molecule has 3 heterocycles. The number of nitrogens with one attached hydrogen (secondary N) is 1. The Labute approximate surface area is 172 Å². The Bertz CT molecular complexity index is 1220. The monoisotopic (exact) mass is 432 g/mol. The van der Waals surface area contributed by atoms with Crippen molar-refractivity contribution in [3.8, 4) is 11.1 Å². The summed E-state index contributed by atoms with van der Waals surface area (Å²) in [5.74, 6) is -0.326. The third-order valence-electron chi connectivity index (χ3n) is 4.19. The minimum atomic E-state index is -4.62. The largest absolute Gasteiger partial charge is 0.417 e. The molecule has 11 heteroatoms. The summed E-state index contributed by atoms with van der Waals surface area (Å²) in [6, 6.07) is 6.80. The maximum atomic E-state index is 12.9. The molecule has 0 saturated carbocycles. The smallest absolute Gasteiger partial charge is 0.326 e. The zero-order valence-corrected chi connectivity index (χ0v) is 15.8. The average molecular weight is 433 g/mol. The van der Waals surface area contributed by atoms with Crippen LogP contribution >= 0.6 is 11.6 Å². The lowest BCUT2D eigenvalue weighted by Gasteiger charge is -2.11. The third-order valence-corrected chi connectivity index (χ3v) is 4.52. The fourth-order valence-corrected chi connectivity index (χ4v) is 2.98. The van der Waals surface area contributed by atoms with Gasteiger partial charge in [-0.1, -0.05) is 11.6 Å². The minimum absolute atomic E-state index is 0.0186. The molecule has 30 heavy (non-hydrogen) atoms. The van der Waals surface area contributed by atoms with E-state index in [1.165, 1.54) is 12.4 Å². The topological polar surface area (TPSA) is 85.1 Å². The first-order chi connectivity index (χ1) is 14.3. The molecule has 0 aliphatic carbocycles. The molecule has 0 fully saturated rings. The number of benzene rings is 1. The molecule has 0 spiro atoms. The van der Waals surface area contributed by atoms with E-state index in [4.69, 9.17) is 11.6 Å². The van der Waals surface area contributed by atoms with Crippen LogP contribution in [0.2, 0.25) is 5.02 Å². The number of anilines is 1. The molecule has 0 unspecified atom stereocenters. The zero-order chi connectivity index (χ0) is 21.3. The number of hydrogen-bond donors (Lipinski definition) is 1. The molecule has 0 aliphatic rings. The Morgan fingerprint density at radius 1 is 1.07 bits per heavy atom. The van der Waals surface area contributed by atoms with E-state index in [9.17, 15) is 18.0 Å². The van der Waals surface area contributed by atoms with E-state index in [2.05, 4.69) is 25.4 Å². The van der Waals surface area contributed by atoms with Gasteiger partial charge in [-0.2, -0.15) is 18.3 Å². The molecule has 4 rings (SSSR count). The number of carbonyl (C=O) groups is 1. The number of rotatable bonds is 4. The second kappa shape index (κ2) is 7.71. The molecular weight excluding hydrogens is 421 g/mol. The van der Waals surface area contributed by atoms with Crippen molar-refractivity contribution in [3.63, 3.8) is 0 Å². The van der Waals surface area contributed by atoms with Gasteiger partial charge < -0.3 is 5.32 Å². The van der Waals surface area contributed by atoms with E-state index in [1.54, 1.807) is 23.1 Å². The van der Waals surface area contributed by atoms with E-state index in [0.717, 1.165) is 23.3 Å². The number of amides is 1. The molecule has 152 valence electrons. The van der Waals surface area contributed by atoms with Crippen molar-refractivity contribution in [2.24, 2.45) is 0 Å². The van der Waals surface area contributed by atoms with Crippen molar-refractivity contribution in [2.75, 3.05) is 5.32 Å². The number of alkyl halides is 3. The summed E-state index contributed by atoms with van der Waals surface area (Å²) >= 11 is 5.58. The zero-order valence-electron chi connectivity index (χ0n) is 15.1. The molecule has 7 nitrogen and oxygen atoms in total. The summed E-state index contributed by atoms with van der Waals surface area (Å²) in [4.78, 5) is 24.6. The van der Waals surface area contributed by atoms with Crippen molar-refractivity contribution < 1.29 is 18.0 Å². The molecular formula is C19H12ClF3N6O. The Hall–Kier alpha value is -3.53. The third kappa shape index (κ3) is 4.23. The highest BCUT2D eigenvalue weighted by Crippen LogP contribution is 2.36. The van der Waals surface area contributed by atoms with Crippen LogP contribution in [0.3, 0.4) is 0 Å². The van der Waals surface area contributed by atoms with Gasteiger partial charge in [0, 0.05) is 29.8 Å². The summed E-state index contributed by atoms with van der Waals surface area (Å²) in [7, 11) is 0. The maximum absolute atomic E-state index is 12.9. The molecule has 1 amide bonds. The number of halogens is 4. The number of hydrogen-bond acceptors (Lipinski definition) is 5. The SMILES string of the molecule is O=C(Cc1ncc(-c2ccn3ncnc3c2)cn1)Nc1ccc(Cl)c(C(F)(F)F)c1. The number of carbonyl (C=O) groups excluding carboxylic acids is 1. The van der Waals surface area contributed by atoms with Gasteiger partial charge in [0.15, 0.2) is 5.65 Å². The van der Waals surface area contributed by atoms with Crippen molar-refractivity contribution in [2.45, 2.75) is 12.6 Å². The summed E-state index contributed by atoms with van der Waals surface area (Å²) in [5, 5.41) is 5.98. The first-order valence-electron chi connectivity index (χ1n) is 8.57. The highest BCUT2D eigenvalue weighted by molar-refractivity contribution is 6.31. The van der Waals surface area contributed by atoms with Crippen LogP contribution in [0.5, 0.6) is 0 Å². The number of fused-ring (bicyclic) bond motifs is 1. The lowest BCUT2D eigenvalue weighted by Crippen LogP contribution is -2.17. The number of nitrogens with zero attached hydrogens (tertiary/aromatic N) is 5. The standard InChI is InChI=1S/C19H12ClF3N6O/c20-15-2-1-13(6-14(15)19(21,22)23)28-18(30)7-16-24-8-12(9-25-16)11-3-4-29-17(5-11)26-10-27-29/h1-6,8-10H,7H2,(H,28,30). The van der Waals surface area contributed by atoms with Crippen LogP contribution in [0.15, 0.2) is 55.2 Å². The van der Waals surface area contributed by atoms with Crippen LogP contribution in [0, 0.1) is 0 Å². The molecule has 0 aliphatic heterocycles. The molecule has 1 aromatic carbocycles. The predicted octanol–water partition coefficient (Wildman–Crippen LogP) is 4.04. The summed E-state index contributed by atoms with van der Waals surface area (Å²) in [6.45, 7) is 0. The maximum Gasteiger partial charge on any atom is 0.417 e. The van der Waals surface area contributed by atoms with Crippen molar-refractivity contribution in [3.05, 3.63) is 71.7 Å². The highest BCUT2D eigenvalue weighted by Gasteiger charge is 2.33. The Balaban J connectivity index is 1.45. The molecule has 0 radical (unpaired) electrons. The Kier molecular flexibility index (Phi) is 5.08. The van der Waals surface area contributed by atoms with E-state index in [0.29, 0.717) is 5.65 Å². The summed E-state index contributed by atoms with van der Waals surface area (Å²) < 4.78 is 40.4. The quantitative estimate of drug-likeness (QED) is 0.526. The van der Waals surface area contributed by atoms with Gasteiger partial charge in [0.2, 0.25) is 5.91 Å². The summed E-state index contributed by atoms with van der Waals surface area (Å²) in [6.07, 6.45) is 1.49.